The number of thiocarbonyl (C=S) groups is 1. The van der Waals surface area contributed by atoms with Gasteiger partial charge in [-0.25, -0.2) is 0 Å². The Morgan fingerprint density at radius 1 is 1.10 bits per heavy atom. The molecular weight excluding hydrogens is 288 g/mol. The predicted octanol–water partition coefficient (Wildman–Crippen LogP) is 4.36. The number of nitrogens with zero attached hydrogens (tertiary/aromatic N) is 1. The maximum Gasteiger partial charge on any atom is 0.106 e. The molecule has 0 saturated carbocycles. The van der Waals surface area contributed by atoms with Crippen molar-refractivity contribution in [3.05, 3.63) is 58.1 Å². The van der Waals surface area contributed by atoms with Gasteiger partial charge in [0.2, 0.25) is 0 Å². The van der Waals surface area contributed by atoms with Crippen LogP contribution in [0.15, 0.2) is 36.4 Å². The molecular formula is C16H17ClN2S. The summed E-state index contributed by atoms with van der Waals surface area (Å²) in [4.78, 5) is 2.43. The third kappa shape index (κ3) is 2.94. The summed E-state index contributed by atoms with van der Waals surface area (Å²) in [5, 5.41) is 0.664. The molecule has 104 valence electrons. The molecule has 0 amide bonds. The minimum atomic E-state index is 0.369. The molecule has 0 aliphatic rings. The Hall–Kier alpha value is -1.58. The van der Waals surface area contributed by atoms with Crippen LogP contribution in [0.25, 0.3) is 0 Å². The van der Waals surface area contributed by atoms with Crippen LogP contribution in [0.4, 0.5) is 11.4 Å². The van der Waals surface area contributed by atoms with Crippen molar-refractivity contribution in [1.82, 2.24) is 0 Å². The first-order chi connectivity index (χ1) is 9.40. The van der Waals surface area contributed by atoms with Gasteiger partial charge in [-0.1, -0.05) is 41.5 Å². The first-order valence-corrected chi connectivity index (χ1v) is 7.09. The summed E-state index contributed by atoms with van der Waals surface area (Å²) in [6, 6.07) is 11.9. The summed E-state index contributed by atoms with van der Waals surface area (Å²) in [5.74, 6) is 0. The molecule has 0 radical (unpaired) electrons. The summed E-state index contributed by atoms with van der Waals surface area (Å²) in [6.07, 6.45) is 0. The third-order valence-corrected chi connectivity index (χ3v) is 3.76. The highest BCUT2D eigenvalue weighted by molar-refractivity contribution is 7.80. The standard InChI is InChI=1S/C16H17ClN2S/c1-10-4-7-14(11(2)8-10)19(3)15-9-12(17)5-6-13(15)16(18)20/h4-9H,1-3H3,(H2,18,20). The number of benzene rings is 2. The fourth-order valence-electron chi connectivity index (χ4n) is 2.30. The van der Waals surface area contributed by atoms with Gasteiger partial charge < -0.3 is 10.6 Å². The van der Waals surface area contributed by atoms with Gasteiger partial charge in [-0.2, -0.15) is 0 Å². The molecule has 0 spiro atoms. The van der Waals surface area contributed by atoms with E-state index in [0.29, 0.717) is 10.0 Å². The molecule has 0 heterocycles. The fourth-order valence-corrected chi connectivity index (χ4v) is 2.64. The van der Waals surface area contributed by atoms with E-state index < -0.39 is 0 Å². The maximum atomic E-state index is 6.11. The largest absolute Gasteiger partial charge is 0.389 e. The van der Waals surface area contributed by atoms with E-state index >= 15 is 0 Å². The highest BCUT2D eigenvalue weighted by Gasteiger charge is 2.13. The van der Waals surface area contributed by atoms with Gasteiger partial charge in [-0.3, -0.25) is 0 Å². The Labute approximate surface area is 130 Å². The molecule has 0 fully saturated rings. The van der Waals surface area contributed by atoms with Gasteiger partial charge in [-0.05, 0) is 43.7 Å². The minimum Gasteiger partial charge on any atom is -0.389 e. The van der Waals surface area contributed by atoms with E-state index in [1.807, 2.05) is 19.2 Å². The molecule has 2 aromatic rings. The average molecular weight is 305 g/mol. The SMILES string of the molecule is Cc1ccc(N(C)c2cc(Cl)ccc2C(N)=S)c(C)c1. The van der Waals surface area contributed by atoms with E-state index in [4.69, 9.17) is 29.6 Å². The third-order valence-electron chi connectivity index (χ3n) is 3.30. The van der Waals surface area contributed by atoms with Crippen molar-refractivity contribution in [1.29, 1.82) is 0 Å². The topological polar surface area (TPSA) is 29.3 Å². The smallest absolute Gasteiger partial charge is 0.106 e. The summed E-state index contributed by atoms with van der Waals surface area (Å²) < 4.78 is 0. The van der Waals surface area contributed by atoms with Gasteiger partial charge in [-0.15, -0.1) is 0 Å². The first-order valence-electron chi connectivity index (χ1n) is 6.30. The molecule has 4 heteroatoms. The lowest BCUT2D eigenvalue weighted by molar-refractivity contribution is 1.17. The number of hydrogen-bond donors (Lipinski definition) is 1. The molecule has 0 aliphatic heterocycles. The molecule has 0 saturated heterocycles. The van der Waals surface area contributed by atoms with Gasteiger partial charge in [0, 0.05) is 23.3 Å². The molecule has 20 heavy (non-hydrogen) atoms. The molecule has 2 rings (SSSR count). The van der Waals surface area contributed by atoms with E-state index in [0.717, 1.165) is 16.9 Å². The summed E-state index contributed by atoms with van der Waals surface area (Å²) in [6.45, 7) is 4.17. The quantitative estimate of drug-likeness (QED) is 0.854. The highest BCUT2D eigenvalue weighted by Crippen LogP contribution is 2.32. The van der Waals surface area contributed by atoms with Crippen LogP contribution in [0.1, 0.15) is 16.7 Å². The van der Waals surface area contributed by atoms with Gasteiger partial charge in [0.1, 0.15) is 4.99 Å². The Morgan fingerprint density at radius 3 is 2.40 bits per heavy atom. The lowest BCUT2D eigenvalue weighted by Crippen LogP contribution is -2.18. The first kappa shape index (κ1) is 14.8. The fraction of sp³-hybridized carbons (Fsp3) is 0.188. The molecule has 2 nitrogen and oxygen atoms in total. The van der Waals surface area contributed by atoms with Crippen LogP contribution in [-0.2, 0) is 0 Å². The van der Waals surface area contributed by atoms with Crippen molar-refractivity contribution in [3.8, 4) is 0 Å². The van der Waals surface area contributed by atoms with Crippen LogP contribution in [0.2, 0.25) is 5.02 Å². The number of aryl methyl sites for hydroxylation is 2. The van der Waals surface area contributed by atoms with Gasteiger partial charge in [0.25, 0.3) is 0 Å². The van der Waals surface area contributed by atoms with Crippen molar-refractivity contribution in [2.45, 2.75) is 13.8 Å². The number of anilines is 2. The zero-order valence-electron chi connectivity index (χ0n) is 11.8. The Morgan fingerprint density at radius 2 is 1.80 bits per heavy atom. The molecule has 0 bridgehead atoms. The second-order valence-corrected chi connectivity index (χ2v) is 5.75. The summed E-state index contributed by atoms with van der Waals surface area (Å²) >= 11 is 11.2. The monoisotopic (exact) mass is 304 g/mol. The van der Waals surface area contributed by atoms with Gasteiger partial charge in [0.05, 0.1) is 5.69 Å². The van der Waals surface area contributed by atoms with Crippen LogP contribution in [0, 0.1) is 13.8 Å². The highest BCUT2D eigenvalue weighted by atomic mass is 35.5. The van der Waals surface area contributed by atoms with Crippen LogP contribution >= 0.6 is 23.8 Å². The van der Waals surface area contributed by atoms with Crippen molar-refractivity contribution < 1.29 is 0 Å². The van der Waals surface area contributed by atoms with Crippen molar-refractivity contribution in [3.63, 3.8) is 0 Å². The van der Waals surface area contributed by atoms with Crippen LogP contribution in [0.3, 0.4) is 0 Å². The number of halogens is 1. The van der Waals surface area contributed by atoms with Crippen LogP contribution in [-0.4, -0.2) is 12.0 Å². The van der Waals surface area contributed by atoms with E-state index in [-0.39, 0.29) is 0 Å². The minimum absolute atomic E-state index is 0.369. The molecule has 2 aromatic carbocycles. The van der Waals surface area contributed by atoms with Crippen LogP contribution < -0.4 is 10.6 Å². The molecule has 0 aliphatic carbocycles. The predicted molar refractivity (Wildman–Crippen MR) is 91.3 cm³/mol. The van der Waals surface area contributed by atoms with Crippen molar-refractivity contribution in [2.75, 3.05) is 11.9 Å². The second kappa shape index (κ2) is 5.81. The normalized spacial score (nSPS) is 10.4. The molecule has 0 aromatic heterocycles. The number of hydrogen-bond acceptors (Lipinski definition) is 2. The van der Waals surface area contributed by atoms with E-state index in [1.54, 1.807) is 6.07 Å². The number of nitrogens with two attached hydrogens (primary N) is 1. The van der Waals surface area contributed by atoms with Gasteiger partial charge >= 0.3 is 0 Å². The number of rotatable bonds is 3. The molecule has 0 atom stereocenters. The molecule has 2 N–H and O–H groups in total. The zero-order chi connectivity index (χ0) is 14.9. The van der Waals surface area contributed by atoms with Crippen molar-refractivity contribution >= 4 is 40.2 Å². The molecule has 0 unspecified atom stereocenters. The second-order valence-electron chi connectivity index (χ2n) is 4.87. The van der Waals surface area contributed by atoms with E-state index in [2.05, 4.69) is 36.9 Å². The lowest BCUT2D eigenvalue weighted by atomic mass is 10.1. The van der Waals surface area contributed by atoms with Gasteiger partial charge in [0.15, 0.2) is 0 Å². The van der Waals surface area contributed by atoms with Crippen molar-refractivity contribution in [2.24, 2.45) is 5.73 Å². The Kier molecular flexibility index (Phi) is 4.31. The zero-order valence-corrected chi connectivity index (χ0v) is 13.3. The van der Waals surface area contributed by atoms with E-state index in [1.165, 1.54) is 11.1 Å². The summed E-state index contributed by atoms with van der Waals surface area (Å²) in [5.41, 5.74) is 11.1. The lowest BCUT2D eigenvalue weighted by Gasteiger charge is -2.24. The average Bonchev–Trinajstić information content (AvgIpc) is 2.37. The van der Waals surface area contributed by atoms with E-state index in [9.17, 15) is 0 Å². The Balaban J connectivity index is 2.55. The summed E-state index contributed by atoms with van der Waals surface area (Å²) in [7, 11) is 1.99. The van der Waals surface area contributed by atoms with Crippen LogP contribution in [0.5, 0.6) is 0 Å². The Bertz CT molecular complexity index is 668. The maximum absolute atomic E-state index is 6.11.